The van der Waals surface area contributed by atoms with Gasteiger partial charge in [-0.1, -0.05) is 0 Å². The lowest BCUT2D eigenvalue weighted by Crippen LogP contribution is -2.42. The maximum Gasteiger partial charge on any atom is 0.407 e. The number of aromatic nitrogens is 2. The number of aryl methyl sites for hydroxylation is 1. The number of carbonyl (C=O) groups is 1. The van der Waals surface area contributed by atoms with Crippen LogP contribution in [0.4, 0.5) is 4.79 Å². The Kier molecular flexibility index (Phi) is 7.87. The van der Waals surface area contributed by atoms with Crippen molar-refractivity contribution in [1.29, 1.82) is 0 Å². The van der Waals surface area contributed by atoms with E-state index in [9.17, 15) is 13.2 Å². The third-order valence-electron chi connectivity index (χ3n) is 6.37. The molecule has 0 aliphatic heterocycles. The Balaban J connectivity index is 1.43. The second-order valence-electron chi connectivity index (χ2n) is 10.4. The van der Waals surface area contributed by atoms with Crippen LogP contribution in [0.2, 0.25) is 0 Å². The van der Waals surface area contributed by atoms with E-state index in [1.807, 2.05) is 20.8 Å². The van der Waals surface area contributed by atoms with Crippen molar-refractivity contribution < 1.29 is 26.9 Å². The van der Waals surface area contributed by atoms with Gasteiger partial charge in [-0.15, -0.1) is 11.3 Å². The molecular weight excluding hydrogens is 490 g/mol. The van der Waals surface area contributed by atoms with Crippen LogP contribution in [0.1, 0.15) is 82.1 Å². The summed E-state index contributed by atoms with van der Waals surface area (Å²) < 4.78 is 39.6. The Morgan fingerprint density at radius 2 is 1.91 bits per heavy atom. The lowest BCUT2D eigenvalue weighted by Gasteiger charge is -2.30. The first-order chi connectivity index (χ1) is 16.5. The number of thiophene rings is 1. The summed E-state index contributed by atoms with van der Waals surface area (Å²) in [5.41, 5.74) is 0.682. The number of amides is 1. The van der Waals surface area contributed by atoms with Crippen LogP contribution in [0.25, 0.3) is 10.2 Å². The number of ether oxygens (including phenoxy) is 2. The minimum absolute atomic E-state index is 0.0101. The molecule has 2 aliphatic carbocycles. The minimum atomic E-state index is -3.46. The van der Waals surface area contributed by atoms with E-state index in [-0.39, 0.29) is 30.8 Å². The van der Waals surface area contributed by atoms with Crippen LogP contribution in [0, 0.1) is 0 Å². The van der Waals surface area contributed by atoms with Crippen LogP contribution in [-0.4, -0.2) is 55.1 Å². The maximum atomic E-state index is 12.1. The molecule has 2 aromatic rings. The average Bonchev–Trinajstić information content (AvgIpc) is 3.13. The summed E-state index contributed by atoms with van der Waals surface area (Å²) in [6.45, 7) is 5.73. The first kappa shape index (κ1) is 26.1. The van der Waals surface area contributed by atoms with Gasteiger partial charge in [0.25, 0.3) is 10.1 Å². The van der Waals surface area contributed by atoms with Crippen LogP contribution in [0.15, 0.2) is 6.33 Å². The van der Waals surface area contributed by atoms with Crippen molar-refractivity contribution in [3.05, 3.63) is 16.8 Å². The van der Waals surface area contributed by atoms with Gasteiger partial charge < -0.3 is 14.8 Å². The predicted octanol–water partition coefficient (Wildman–Crippen LogP) is 4.69. The molecule has 1 saturated carbocycles. The fourth-order valence-corrected chi connectivity index (χ4v) is 6.58. The van der Waals surface area contributed by atoms with E-state index in [1.54, 1.807) is 17.7 Å². The van der Waals surface area contributed by atoms with Crippen molar-refractivity contribution in [2.45, 2.75) is 95.8 Å². The van der Waals surface area contributed by atoms with E-state index in [0.717, 1.165) is 61.4 Å². The largest absolute Gasteiger partial charge is 0.474 e. The molecule has 0 bridgehead atoms. The fourth-order valence-electron chi connectivity index (χ4n) is 4.92. The highest BCUT2D eigenvalue weighted by atomic mass is 32.2. The van der Waals surface area contributed by atoms with Gasteiger partial charge in [0.1, 0.15) is 22.9 Å². The Hall–Kier alpha value is -1.98. The molecule has 1 fully saturated rings. The first-order valence-electron chi connectivity index (χ1n) is 12.3. The van der Waals surface area contributed by atoms with Gasteiger partial charge in [-0.2, -0.15) is 8.42 Å². The number of hydrogen-bond acceptors (Lipinski definition) is 9. The predicted molar refractivity (Wildman–Crippen MR) is 135 cm³/mol. The number of fused-ring (bicyclic) bond motifs is 3. The molecule has 35 heavy (non-hydrogen) atoms. The topological polar surface area (TPSA) is 117 Å². The Morgan fingerprint density at radius 1 is 1.17 bits per heavy atom. The zero-order valence-electron chi connectivity index (χ0n) is 20.8. The zero-order valence-corrected chi connectivity index (χ0v) is 22.5. The highest BCUT2D eigenvalue weighted by molar-refractivity contribution is 7.85. The van der Waals surface area contributed by atoms with Crippen molar-refractivity contribution >= 4 is 37.8 Å². The maximum absolute atomic E-state index is 12.1. The van der Waals surface area contributed by atoms with Crippen LogP contribution >= 0.6 is 11.3 Å². The smallest absolute Gasteiger partial charge is 0.407 e. The van der Waals surface area contributed by atoms with Gasteiger partial charge in [-0.05, 0) is 83.6 Å². The van der Waals surface area contributed by atoms with Gasteiger partial charge in [0, 0.05) is 10.9 Å². The van der Waals surface area contributed by atoms with Gasteiger partial charge in [0.2, 0.25) is 5.88 Å². The van der Waals surface area contributed by atoms with E-state index in [1.165, 1.54) is 10.4 Å². The molecule has 4 rings (SSSR count). The number of nitrogens with one attached hydrogen (secondary N) is 1. The quantitative estimate of drug-likeness (QED) is 0.518. The highest BCUT2D eigenvalue weighted by Gasteiger charge is 2.30. The first-order valence-corrected chi connectivity index (χ1v) is 14.9. The van der Waals surface area contributed by atoms with Crippen LogP contribution in [0.5, 0.6) is 5.88 Å². The van der Waals surface area contributed by atoms with Crippen molar-refractivity contribution in [3.63, 3.8) is 0 Å². The van der Waals surface area contributed by atoms with E-state index < -0.39 is 15.7 Å². The Labute approximate surface area is 211 Å². The Bertz CT molecular complexity index is 1150. The molecule has 0 aromatic carbocycles. The normalized spacial score (nSPS) is 23.0. The summed E-state index contributed by atoms with van der Waals surface area (Å²) in [6, 6.07) is 0.0725. The average molecular weight is 526 g/mol. The third-order valence-corrected chi connectivity index (χ3v) is 8.14. The summed E-state index contributed by atoms with van der Waals surface area (Å²) in [5.74, 6) is 0.795. The fraction of sp³-hybridized carbons (Fsp3) is 0.708. The summed E-state index contributed by atoms with van der Waals surface area (Å²) >= 11 is 1.68. The standard InChI is InChI=1S/C24H35N3O6S2/c1-24(2,3)33-23(28)27-16-8-10-17(11-9-16)32-21-20-19-15(12-13-31-35(4,29)30)6-5-7-18(19)34-22(20)26-14-25-21/h14-17H,5-13H2,1-4H3,(H,27,28)/t15-,16-,17+/m0/s1. The minimum Gasteiger partial charge on any atom is -0.474 e. The molecular formula is C24H35N3O6S2. The molecule has 2 heterocycles. The van der Waals surface area contributed by atoms with Crippen molar-refractivity contribution in [1.82, 2.24) is 15.3 Å². The summed E-state index contributed by atoms with van der Waals surface area (Å²) in [5, 5.41) is 3.93. The molecule has 2 aliphatic rings. The molecule has 0 unspecified atom stereocenters. The molecule has 1 N–H and O–H groups in total. The van der Waals surface area contributed by atoms with E-state index in [0.29, 0.717) is 12.3 Å². The monoisotopic (exact) mass is 525 g/mol. The molecule has 9 nitrogen and oxygen atoms in total. The van der Waals surface area contributed by atoms with Crippen LogP contribution < -0.4 is 10.1 Å². The van der Waals surface area contributed by atoms with E-state index in [2.05, 4.69) is 15.3 Å². The number of hydrogen-bond donors (Lipinski definition) is 1. The molecule has 194 valence electrons. The molecule has 0 spiro atoms. The van der Waals surface area contributed by atoms with Crippen molar-refractivity contribution in [2.24, 2.45) is 0 Å². The van der Waals surface area contributed by atoms with Gasteiger partial charge in [0.05, 0.1) is 18.2 Å². The number of rotatable bonds is 7. The molecule has 2 aromatic heterocycles. The molecule has 1 atom stereocenters. The number of alkyl carbamates (subject to hydrolysis) is 1. The summed E-state index contributed by atoms with van der Waals surface area (Å²) in [6.07, 6.45) is 9.15. The zero-order chi connectivity index (χ0) is 25.2. The van der Waals surface area contributed by atoms with Gasteiger partial charge >= 0.3 is 6.09 Å². The van der Waals surface area contributed by atoms with Gasteiger partial charge in [-0.25, -0.2) is 14.8 Å². The summed E-state index contributed by atoms with van der Waals surface area (Å²) in [7, 11) is -3.46. The lowest BCUT2D eigenvalue weighted by atomic mass is 9.84. The molecule has 0 radical (unpaired) electrons. The Morgan fingerprint density at radius 3 is 2.60 bits per heavy atom. The second-order valence-corrected chi connectivity index (χ2v) is 13.2. The van der Waals surface area contributed by atoms with E-state index in [4.69, 9.17) is 13.7 Å². The SMILES string of the molecule is CC(C)(C)OC(=O)N[C@H]1CC[C@@H](Oc2ncnc3sc4c(c23)[C@H](CCOS(C)(=O)=O)CCC4)CC1. The van der Waals surface area contributed by atoms with Crippen LogP contribution in [0.3, 0.4) is 0 Å². The number of nitrogens with zero attached hydrogens (tertiary/aromatic N) is 2. The van der Waals surface area contributed by atoms with Gasteiger partial charge in [-0.3, -0.25) is 4.18 Å². The van der Waals surface area contributed by atoms with Crippen LogP contribution in [-0.2, 0) is 25.5 Å². The lowest BCUT2D eigenvalue weighted by molar-refractivity contribution is 0.0470. The molecule has 1 amide bonds. The molecule has 11 heteroatoms. The summed E-state index contributed by atoms with van der Waals surface area (Å²) in [4.78, 5) is 23.3. The van der Waals surface area contributed by atoms with Gasteiger partial charge in [0.15, 0.2) is 0 Å². The van der Waals surface area contributed by atoms with E-state index >= 15 is 0 Å². The third kappa shape index (κ3) is 7.04. The van der Waals surface area contributed by atoms with Crippen molar-refractivity contribution in [2.75, 3.05) is 12.9 Å². The number of carbonyl (C=O) groups excluding carboxylic acids is 1. The molecule has 0 saturated heterocycles. The second kappa shape index (κ2) is 10.6. The highest BCUT2D eigenvalue weighted by Crippen LogP contribution is 2.46. The van der Waals surface area contributed by atoms with Crippen molar-refractivity contribution in [3.8, 4) is 5.88 Å².